The first-order valence-corrected chi connectivity index (χ1v) is 9.01. The molecule has 0 aliphatic carbocycles. The molecular weight excluding hydrogens is 376 g/mol. The molecule has 0 radical (unpaired) electrons. The highest BCUT2D eigenvalue weighted by atomic mass is 35.5. The number of aryl methyl sites for hydroxylation is 2. The predicted octanol–water partition coefficient (Wildman–Crippen LogP) is 3.55. The van der Waals surface area contributed by atoms with Gasteiger partial charge in [0.15, 0.2) is 0 Å². The van der Waals surface area contributed by atoms with E-state index in [4.69, 9.17) is 11.6 Å². The second-order valence-corrected chi connectivity index (χ2v) is 6.57. The Labute approximate surface area is 166 Å². The molecule has 0 saturated carbocycles. The Morgan fingerprint density at radius 1 is 1.11 bits per heavy atom. The average molecular weight is 393 g/mol. The SMILES string of the molecule is Cc1nn(-c2ccccc2)c(Cl)c1/C=N/NC(=O)c1c(C)nc2ccccn12. The molecule has 1 aromatic carbocycles. The van der Waals surface area contributed by atoms with Crippen LogP contribution in [-0.4, -0.2) is 31.3 Å². The van der Waals surface area contributed by atoms with Crippen molar-refractivity contribution in [1.82, 2.24) is 24.6 Å². The van der Waals surface area contributed by atoms with Gasteiger partial charge in [-0.3, -0.25) is 9.20 Å². The van der Waals surface area contributed by atoms with E-state index in [1.165, 1.54) is 6.21 Å². The molecule has 0 aliphatic rings. The molecule has 28 heavy (non-hydrogen) atoms. The fourth-order valence-electron chi connectivity index (χ4n) is 2.99. The zero-order valence-corrected chi connectivity index (χ0v) is 16.1. The number of imidazole rings is 1. The van der Waals surface area contributed by atoms with Crippen molar-refractivity contribution in [3.05, 3.63) is 82.5 Å². The monoisotopic (exact) mass is 392 g/mol. The lowest BCUT2D eigenvalue weighted by Crippen LogP contribution is -2.20. The van der Waals surface area contributed by atoms with Gasteiger partial charge in [-0.2, -0.15) is 10.2 Å². The van der Waals surface area contributed by atoms with Crippen LogP contribution in [0.4, 0.5) is 0 Å². The van der Waals surface area contributed by atoms with Gasteiger partial charge in [0.1, 0.15) is 16.5 Å². The molecule has 3 heterocycles. The molecule has 7 nitrogen and oxygen atoms in total. The number of carbonyl (C=O) groups is 1. The molecule has 0 aliphatic heterocycles. The normalized spacial score (nSPS) is 11.4. The highest BCUT2D eigenvalue weighted by Gasteiger charge is 2.16. The van der Waals surface area contributed by atoms with Crippen molar-refractivity contribution in [3.63, 3.8) is 0 Å². The molecule has 0 saturated heterocycles. The van der Waals surface area contributed by atoms with Crippen LogP contribution in [0, 0.1) is 13.8 Å². The third-order valence-corrected chi connectivity index (χ3v) is 4.69. The van der Waals surface area contributed by atoms with E-state index in [1.54, 1.807) is 22.2 Å². The Morgan fingerprint density at radius 2 is 1.86 bits per heavy atom. The maximum Gasteiger partial charge on any atom is 0.290 e. The number of aromatic nitrogens is 4. The zero-order chi connectivity index (χ0) is 19.7. The summed E-state index contributed by atoms with van der Waals surface area (Å²) in [4.78, 5) is 17.0. The van der Waals surface area contributed by atoms with Crippen LogP contribution in [0.1, 0.15) is 27.4 Å². The molecule has 0 spiro atoms. The number of halogens is 1. The Morgan fingerprint density at radius 3 is 2.64 bits per heavy atom. The van der Waals surface area contributed by atoms with Crippen LogP contribution >= 0.6 is 11.6 Å². The predicted molar refractivity (Wildman–Crippen MR) is 108 cm³/mol. The van der Waals surface area contributed by atoms with Crippen molar-refractivity contribution >= 4 is 29.4 Å². The van der Waals surface area contributed by atoms with Crippen molar-refractivity contribution in [1.29, 1.82) is 0 Å². The Hall–Kier alpha value is -3.45. The lowest BCUT2D eigenvalue weighted by atomic mass is 10.3. The fraction of sp³-hybridized carbons (Fsp3) is 0.100. The van der Waals surface area contributed by atoms with Crippen molar-refractivity contribution in [3.8, 4) is 5.69 Å². The second-order valence-electron chi connectivity index (χ2n) is 6.21. The maximum absolute atomic E-state index is 12.6. The summed E-state index contributed by atoms with van der Waals surface area (Å²) in [5.41, 5.74) is 6.51. The number of hydrogen-bond acceptors (Lipinski definition) is 4. The van der Waals surface area contributed by atoms with Crippen molar-refractivity contribution < 1.29 is 4.79 Å². The highest BCUT2D eigenvalue weighted by molar-refractivity contribution is 6.32. The van der Waals surface area contributed by atoms with Crippen LogP contribution in [0.2, 0.25) is 5.15 Å². The lowest BCUT2D eigenvalue weighted by Gasteiger charge is -2.02. The number of rotatable bonds is 4. The van der Waals surface area contributed by atoms with Gasteiger partial charge in [0, 0.05) is 6.20 Å². The first-order chi connectivity index (χ1) is 13.6. The topological polar surface area (TPSA) is 76.6 Å². The van der Waals surface area contributed by atoms with E-state index < -0.39 is 0 Å². The molecule has 0 unspecified atom stereocenters. The van der Waals surface area contributed by atoms with E-state index in [9.17, 15) is 4.79 Å². The van der Waals surface area contributed by atoms with E-state index in [2.05, 4.69) is 20.6 Å². The van der Waals surface area contributed by atoms with Crippen LogP contribution in [0.25, 0.3) is 11.3 Å². The number of pyridine rings is 1. The number of nitrogens with zero attached hydrogens (tertiary/aromatic N) is 5. The summed E-state index contributed by atoms with van der Waals surface area (Å²) < 4.78 is 3.36. The van der Waals surface area contributed by atoms with E-state index in [0.29, 0.717) is 33.4 Å². The molecule has 4 rings (SSSR count). The van der Waals surface area contributed by atoms with Crippen LogP contribution in [0.15, 0.2) is 59.8 Å². The number of para-hydroxylation sites is 1. The minimum atomic E-state index is -0.350. The standard InChI is InChI=1S/C20H17ClN6O/c1-13-16(19(21)27(25-13)15-8-4-3-5-9-15)12-22-24-20(28)18-14(2)23-17-10-6-7-11-26(17)18/h3-12H,1-2H3,(H,24,28)/b22-12+. The number of hydrazone groups is 1. The van der Waals surface area contributed by atoms with E-state index in [-0.39, 0.29) is 5.91 Å². The fourth-order valence-corrected chi connectivity index (χ4v) is 3.31. The second kappa shape index (κ2) is 7.28. The zero-order valence-electron chi connectivity index (χ0n) is 15.3. The average Bonchev–Trinajstić information content (AvgIpc) is 3.18. The summed E-state index contributed by atoms with van der Waals surface area (Å²) >= 11 is 6.46. The Bertz CT molecular complexity index is 1190. The van der Waals surface area contributed by atoms with Crippen molar-refractivity contribution in [2.24, 2.45) is 5.10 Å². The smallest absolute Gasteiger partial charge is 0.290 e. The molecule has 3 aromatic heterocycles. The highest BCUT2D eigenvalue weighted by Crippen LogP contribution is 2.21. The van der Waals surface area contributed by atoms with Crippen LogP contribution < -0.4 is 5.43 Å². The lowest BCUT2D eigenvalue weighted by molar-refractivity contribution is 0.0948. The summed E-state index contributed by atoms with van der Waals surface area (Å²) in [6.07, 6.45) is 3.29. The minimum Gasteiger partial charge on any atom is -0.295 e. The van der Waals surface area contributed by atoms with Gasteiger partial charge in [0.2, 0.25) is 0 Å². The molecule has 0 fully saturated rings. The van der Waals surface area contributed by atoms with Crippen LogP contribution in [0.3, 0.4) is 0 Å². The third-order valence-electron chi connectivity index (χ3n) is 4.33. The minimum absolute atomic E-state index is 0.350. The first-order valence-electron chi connectivity index (χ1n) is 8.64. The first kappa shape index (κ1) is 17.9. The molecule has 0 atom stereocenters. The number of benzene rings is 1. The summed E-state index contributed by atoms with van der Waals surface area (Å²) in [6, 6.07) is 15.1. The summed E-state index contributed by atoms with van der Waals surface area (Å²) in [7, 11) is 0. The Balaban J connectivity index is 1.58. The molecule has 140 valence electrons. The van der Waals surface area contributed by atoms with Crippen molar-refractivity contribution in [2.75, 3.05) is 0 Å². The molecule has 0 bridgehead atoms. The summed E-state index contributed by atoms with van der Waals surface area (Å²) in [6.45, 7) is 3.62. The van der Waals surface area contributed by atoms with Gasteiger partial charge in [-0.1, -0.05) is 35.9 Å². The van der Waals surface area contributed by atoms with E-state index in [0.717, 1.165) is 5.69 Å². The van der Waals surface area contributed by atoms with Gasteiger partial charge in [-0.25, -0.2) is 15.1 Å². The number of amides is 1. The molecule has 1 amide bonds. The molecule has 1 N–H and O–H groups in total. The molecular formula is C20H17ClN6O. The largest absolute Gasteiger partial charge is 0.295 e. The van der Waals surface area contributed by atoms with Gasteiger partial charge >= 0.3 is 0 Å². The number of hydrogen-bond donors (Lipinski definition) is 1. The number of nitrogens with one attached hydrogen (secondary N) is 1. The number of fused-ring (bicyclic) bond motifs is 1. The van der Waals surface area contributed by atoms with E-state index >= 15 is 0 Å². The van der Waals surface area contributed by atoms with Crippen molar-refractivity contribution in [2.45, 2.75) is 13.8 Å². The molecule has 4 aromatic rings. The van der Waals surface area contributed by atoms with Crippen LogP contribution in [-0.2, 0) is 0 Å². The maximum atomic E-state index is 12.6. The third kappa shape index (κ3) is 3.16. The summed E-state index contributed by atoms with van der Waals surface area (Å²) in [5, 5.41) is 8.94. The van der Waals surface area contributed by atoms with Gasteiger partial charge in [0.05, 0.1) is 28.9 Å². The quantitative estimate of drug-likeness (QED) is 0.426. The van der Waals surface area contributed by atoms with E-state index in [1.807, 2.05) is 55.5 Å². The van der Waals surface area contributed by atoms with Gasteiger partial charge < -0.3 is 0 Å². The van der Waals surface area contributed by atoms with Crippen LogP contribution in [0.5, 0.6) is 0 Å². The molecule has 8 heteroatoms. The van der Waals surface area contributed by atoms with Gasteiger partial charge in [0.25, 0.3) is 5.91 Å². The summed E-state index contributed by atoms with van der Waals surface area (Å²) in [5.74, 6) is -0.350. The number of carbonyl (C=O) groups excluding carboxylic acids is 1. The Kier molecular flexibility index (Phi) is 4.67. The van der Waals surface area contributed by atoms with Gasteiger partial charge in [-0.15, -0.1) is 0 Å². The van der Waals surface area contributed by atoms with Gasteiger partial charge in [-0.05, 0) is 38.1 Å².